The number of nitrogens with zero attached hydrogens (tertiary/aromatic N) is 2. The molecule has 4 nitrogen and oxygen atoms in total. The van der Waals surface area contributed by atoms with Gasteiger partial charge in [-0.1, -0.05) is 6.07 Å². The zero-order valence-corrected chi connectivity index (χ0v) is 12.3. The number of piperazine rings is 1. The third-order valence-corrected chi connectivity index (χ3v) is 3.81. The minimum atomic E-state index is -4.23. The lowest BCUT2D eigenvalue weighted by molar-refractivity contribution is -0.186. The number of alkyl halides is 3. The van der Waals surface area contributed by atoms with Gasteiger partial charge in [0.25, 0.3) is 0 Å². The van der Waals surface area contributed by atoms with E-state index in [2.05, 4.69) is 5.32 Å². The van der Waals surface area contributed by atoms with Gasteiger partial charge >= 0.3 is 6.18 Å². The monoisotopic (exact) mass is 313 g/mol. The van der Waals surface area contributed by atoms with Crippen molar-refractivity contribution >= 4 is 0 Å². The summed E-state index contributed by atoms with van der Waals surface area (Å²) in [6.45, 7) is 1.18. The van der Waals surface area contributed by atoms with Crippen LogP contribution in [0.5, 0.6) is 5.75 Å². The summed E-state index contributed by atoms with van der Waals surface area (Å²) in [5, 5.41) is 11.7. The van der Waals surface area contributed by atoms with Gasteiger partial charge in [-0.25, -0.2) is 0 Å². The van der Waals surface area contributed by atoms with E-state index in [-0.39, 0.29) is 6.54 Å². The van der Waals surface area contributed by atoms with E-state index in [0.29, 0.717) is 37.4 Å². The lowest BCUT2D eigenvalue weighted by Gasteiger charge is -2.37. The first-order valence-corrected chi connectivity index (χ1v) is 7.04. The van der Waals surface area contributed by atoms with E-state index in [1.54, 1.807) is 18.2 Å². The number of ether oxygens (including phenoxy) is 1. The Labute approximate surface area is 127 Å². The van der Waals surface area contributed by atoms with Crippen molar-refractivity contribution in [1.29, 1.82) is 5.26 Å². The molecule has 0 aromatic heterocycles. The zero-order valence-electron chi connectivity index (χ0n) is 12.3. The van der Waals surface area contributed by atoms with Gasteiger partial charge < -0.3 is 10.1 Å². The van der Waals surface area contributed by atoms with Crippen molar-refractivity contribution in [1.82, 2.24) is 10.2 Å². The number of rotatable bonds is 4. The van der Waals surface area contributed by atoms with E-state index in [1.807, 2.05) is 6.07 Å². The molecule has 0 aliphatic carbocycles. The first-order valence-electron chi connectivity index (χ1n) is 7.04. The van der Waals surface area contributed by atoms with Gasteiger partial charge in [-0.3, -0.25) is 4.90 Å². The van der Waals surface area contributed by atoms with Crippen molar-refractivity contribution in [2.24, 2.45) is 0 Å². The van der Waals surface area contributed by atoms with Crippen LogP contribution >= 0.6 is 0 Å². The maximum absolute atomic E-state index is 13.0. The molecule has 0 saturated carbocycles. The van der Waals surface area contributed by atoms with Gasteiger partial charge in [0.1, 0.15) is 17.9 Å². The van der Waals surface area contributed by atoms with Crippen LogP contribution in [-0.4, -0.2) is 50.4 Å². The maximum Gasteiger partial charge on any atom is 0.405 e. The van der Waals surface area contributed by atoms with E-state index in [0.717, 1.165) is 5.56 Å². The van der Waals surface area contributed by atoms with Crippen molar-refractivity contribution in [3.05, 3.63) is 29.3 Å². The Hall–Kier alpha value is -1.78. The summed E-state index contributed by atoms with van der Waals surface area (Å²) in [6.07, 6.45) is -3.75. The van der Waals surface area contributed by atoms with Gasteiger partial charge in [-0.15, -0.1) is 0 Å². The van der Waals surface area contributed by atoms with Crippen LogP contribution in [-0.2, 0) is 6.42 Å². The SMILES string of the molecule is COc1cc(CCN2CCNC[C@@H]2C(F)(F)F)ccc1C#N. The van der Waals surface area contributed by atoms with Gasteiger partial charge in [0.05, 0.1) is 12.7 Å². The fraction of sp³-hybridized carbons (Fsp3) is 0.533. The molecule has 1 heterocycles. The molecule has 22 heavy (non-hydrogen) atoms. The summed E-state index contributed by atoms with van der Waals surface area (Å²) >= 11 is 0. The molecule has 1 N–H and O–H groups in total. The van der Waals surface area contributed by atoms with Crippen LogP contribution in [0.4, 0.5) is 13.2 Å². The molecule has 2 rings (SSSR count). The molecule has 0 spiro atoms. The van der Waals surface area contributed by atoms with Crippen LogP contribution < -0.4 is 10.1 Å². The Morgan fingerprint density at radius 2 is 2.23 bits per heavy atom. The molecular weight excluding hydrogens is 295 g/mol. The van der Waals surface area contributed by atoms with E-state index >= 15 is 0 Å². The first-order chi connectivity index (χ1) is 10.5. The van der Waals surface area contributed by atoms with Gasteiger partial charge in [0.2, 0.25) is 0 Å². The Morgan fingerprint density at radius 1 is 1.45 bits per heavy atom. The average molecular weight is 313 g/mol. The van der Waals surface area contributed by atoms with Crippen LogP contribution in [0, 0.1) is 11.3 Å². The summed E-state index contributed by atoms with van der Waals surface area (Å²) in [5.74, 6) is 0.452. The van der Waals surface area contributed by atoms with Crippen LogP contribution in [0.2, 0.25) is 0 Å². The first kappa shape index (κ1) is 16.6. The summed E-state index contributed by atoms with van der Waals surface area (Å²) in [4.78, 5) is 1.46. The largest absolute Gasteiger partial charge is 0.495 e. The predicted octanol–water partition coefficient (Wildman–Crippen LogP) is 1.95. The number of nitrogens with one attached hydrogen (secondary N) is 1. The normalized spacial score (nSPS) is 19.7. The lowest BCUT2D eigenvalue weighted by atomic mass is 10.1. The fourth-order valence-electron chi connectivity index (χ4n) is 2.59. The Morgan fingerprint density at radius 3 is 2.86 bits per heavy atom. The molecule has 1 atom stereocenters. The number of hydrogen-bond acceptors (Lipinski definition) is 4. The van der Waals surface area contributed by atoms with E-state index in [4.69, 9.17) is 10.00 Å². The van der Waals surface area contributed by atoms with Crippen LogP contribution in [0.15, 0.2) is 18.2 Å². The molecule has 1 fully saturated rings. The summed E-state index contributed by atoms with van der Waals surface area (Å²) in [6, 6.07) is 5.67. The number of halogens is 3. The second kappa shape index (κ2) is 6.99. The zero-order chi connectivity index (χ0) is 16.2. The lowest BCUT2D eigenvalue weighted by Crippen LogP contribution is -2.58. The van der Waals surface area contributed by atoms with Crippen LogP contribution in [0.3, 0.4) is 0 Å². The van der Waals surface area contributed by atoms with Gasteiger partial charge in [-0.2, -0.15) is 18.4 Å². The molecule has 1 aliphatic rings. The molecular formula is C15H18F3N3O. The third kappa shape index (κ3) is 3.90. The Bertz CT molecular complexity index is 554. The molecule has 120 valence electrons. The second-order valence-electron chi connectivity index (χ2n) is 5.19. The molecule has 0 unspecified atom stereocenters. The smallest absolute Gasteiger partial charge is 0.405 e. The van der Waals surface area contributed by atoms with Gasteiger partial charge in [-0.05, 0) is 24.1 Å². The highest BCUT2D eigenvalue weighted by Crippen LogP contribution is 2.26. The van der Waals surface area contributed by atoms with Crippen LogP contribution in [0.1, 0.15) is 11.1 Å². The minimum Gasteiger partial charge on any atom is -0.495 e. The molecule has 0 amide bonds. The molecule has 0 radical (unpaired) electrons. The van der Waals surface area contributed by atoms with Crippen molar-refractivity contribution in [3.8, 4) is 11.8 Å². The topological polar surface area (TPSA) is 48.3 Å². The molecule has 7 heteroatoms. The number of benzene rings is 1. The fourth-order valence-corrected chi connectivity index (χ4v) is 2.59. The molecule has 0 bridgehead atoms. The van der Waals surface area contributed by atoms with Gasteiger partial charge in [0, 0.05) is 26.2 Å². The average Bonchev–Trinajstić information content (AvgIpc) is 2.52. The van der Waals surface area contributed by atoms with Gasteiger partial charge in [0.15, 0.2) is 0 Å². The molecule has 1 saturated heterocycles. The molecule has 1 aliphatic heterocycles. The minimum absolute atomic E-state index is 0.0693. The van der Waals surface area contributed by atoms with Crippen molar-refractivity contribution in [3.63, 3.8) is 0 Å². The van der Waals surface area contributed by atoms with E-state index in [9.17, 15) is 13.2 Å². The number of nitriles is 1. The van der Waals surface area contributed by atoms with Crippen molar-refractivity contribution in [2.75, 3.05) is 33.3 Å². The van der Waals surface area contributed by atoms with Crippen molar-refractivity contribution < 1.29 is 17.9 Å². The van der Waals surface area contributed by atoms with Crippen molar-refractivity contribution in [2.45, 2.75) is 18.6 Å². The number of hydrogen-bond donors (Lipinski definition) is 1. The highest BCUT2D eigenvalue weighted by atomic mass is 19.4. The predicted molar refractivity (Wildman–Crippen MR) is 75.7 cm³/mol. The van der Waals surface area contributed by atoms with E-state index < -0.39 is 12.2 Å². The quantitative estimate of drug-likeness (QED) is 0.923. The van der Waals surface area contributed by atoms with E-state index in [1.165, 1.54) is 12.0 Å². The second-order valence-corrected chi connectivity index (χ2v) is 5.19. The molecule has 1 aromatic rings. The highest BCUT2D eigenvalue weighted by molar-refractivity contribution is 5.45. The summed E-state index contributed by atoms with van der Waals surface area (Å²) in [7, 11) is 1.47. The Balaban J connectivity index is 2.04. The maximum atomic E-state index is 13.0. The Kier molecular flexibility index (Phi) is 5.27. The summed E-state index contributed by atoms with van der Waals surface area (Å²) < 4.78 is 44.1. The standard InChI is InChI=1S/C15H18F3N3O/c1-22-13-8-11(2-3-12(13)9-19)4-6-21-7-5-20-10-14(21)15(16,17)18/h2-3,8,14,20H,4-7,10H2,1H3/t14-/m1/s1. The summed E-state index contributed by atoms with van der Waals surface area (Å²) in [5.41, 5.74) is 1.27. The number of methoxy groups -OCH3 is 1. The molecule has 1 aromatic carbocycles. The highest BCUT2D eigenvalue weighted by Gasteiger charge is 2.44. The van der Waals surface area contributed by atoms with Crippen LogP contribution in [0.25, 0.3) is 0 Å². The third-order valence-electron chi connectivity index (χ3n) is 3.81.